The first-order valence-electron chi connectivity index (χ1n) is 11.9. The number of hydrogen-bond donors (Lipinski definition) is 3. The molecule has 4 aromatic rings. The number of phenols is 1. The normalized spacial score (nSPS) is 13.6. The number of aryl methyl sites for hydroxylation is 3. The third-order valence-corrected chi connectivity index (χ3v) is 6.35. The van der Waals surface area contributed by atoms with Gasteiger partial charge in [0.2, 0.25) is 0 Å². The Balaban J connectivity index is 1.53. The highest BCUT2D eigenvalue weighted by Crippen LogP contribution is 2.39. The Morgan fingerprint density at radius 3 is 2.32 bits per heavy atom. The van der Waals surface area contributed by atoms with E-state index in [4.69, 9.17) is 0 Å². The third-order valence-electron chi connectivity index (χ3n) is 6.35. The molecule has 5 rings (SSSR count). The van der Waals surface area contributed by atoms with E-state index in [9.17, 15) is 15.0 Å². The molecule has 1 aliphatic rings. The molecular formula is C31H27N3O3. The van der Waals surface area contributed by atoms with Gasteiger partial charge in [-0.1, -0.05) is 55.1 Å². The van der Waals surface area contributed by atoms with Crippen molar-refractivity contribution in [3.63, 3.8) is 0 Å². The Labute approximate surface area is 215 Å². The standard InChI is InChI=1S/C31H27N3O3/c1-18-11-12-26-28(16-18)34(24-14-19(2)13-20(3)15-24)31(37)29(26)33-32-27-10-6-9-25(30(27)36)23-8-5-7-22(17-23)21(4)35/h5-17,32,35-36H,4H2,1-3H3/b33-29-. The number of para-hydroxylation sites is 1. The van der Waals surface area contributed by atoms with E-state index in [0.717, 1.165) is 28.1 Å². The molecule has 6 nitrogen and oxygen atoms in total. The molecule has 3 N–H and O–H groups in total. The molecule has 0 radical (unpaired) electrons. The molecule has 184 valence electrons. The lowest BCUT2D eigenvalue weighted by Crippen LogP contribution is -2.26. The van der Waals surface area contributed by atoms with Crippen LogP contribution in [0.25, 0.3) is 16.9 Å². The minimum Gasteiger partial charge on any atom is -0.508 e. The number of nitrogens with zero attached hydrogens (tertiary/aromatic N) is 2. The number of phenolic OH excluding ortho intramolecular Hbond substituents is 1. The average Bonchev–Trinajstić information content (AvgIpc) is 3.13. The van der Waals surface area contributed by atoms with Gasteiger partial charge in [-0.05, 0) is 73.4 Å². The molecule has 0 saturated heterocycles. The van der Waals surface area contributed by atoms with Crippen molar-refractivity contribution in [2.75, 3.05) is 10.3 Å². The van der Waals surface area contributed by atoms with E-state index in [0.29, 0.717) is 27.9 Å². The van der Waals surface area contributed by atoms with Gasteiger partial charge in [-0.2, -0.15) is 5.10 Å². The van der Waals surface area contributed by atoms with Crippen molar-refractivity contribution in [1.29, 1.82) is 0 Å². The fourth-order valence-electron chi connectivity index (χ4n) is 4.65. The topological polar surface area (TPSA) is 85.2 Å². The molecule has 0 aliphatic carbocycles. The van der Waals surface area contributed by atoms with Gasteiger partial charge in [-0.15, -0.1) is 0 Å². The monoisotopic (exact) mass is 489 g/mol. The van der Waals surface area contributed by atoms with E-state index in [2.05, 4.69) is 23.2 Å². The lowest BCUT2D eigenvalue weighted by molar-refractivity contribution is -0.111. The number of aliphatic hydroxyl groups is 1. The Hall–Kier alpha value is -4.84. The maximum absolute atomic E-state index is 13.7. The summed E-state index contributed by atoms with van der Waals surface area (Å²) < 4.78 is 0. The van der Waals surface area contributed by atoms with Crippen molar-refractivity contribution in [3.05, 3.63) is 113 Å². The first-order valence-corrected chi connectivity index (χ1v) is 11.9. The second-order valence-corrected chi connectivity index (χ2v) is 9.31. The quantitative estimate of drug-likeness (QED) is 0.160. The Kier molecular flexibility index (Phi) is 6.01. The van der Waals surface area contributed by atoms with E-state index in [1.807, 2.05) is 57.2 Å². The first-order chi connectivity index (χ1) is 17.7. The lowest BCUT2D eigenvalue weighted by Gasteiger charge is -2.18. The molecule has 6 heteroatoms. The van der Waals surface area contributed by atoms with E-state index in [1.165, 1.54) is 0 Å². The number of hydrazone groups is 1. The molecule has 37 heavy (non-hydrogen) atoms. The van der Waals surface area contributed by atoms with Crippen molar-refractivity contribution in [1.82, 2.24) is 0 Å². The van der Waals surface area contributed by atoms with Crippen LogP contribution in [0, 0.1) is 20.8 Å². The van der Waals surface area contributed by atoms with Gasteiger partial charge in [0.05, 0.1) is 11.4 Å². The number of rotatable bonds is 5. The molecule has 0 saturated carbocycles. The summed E-state index contributed by atoms with van der Waals surface area (Å²) in [5.74, 6) is -0.319. The summed E-state index contributed by atoms with van der Waals surface area (Å²) in [6.07, 6.45) is 0. The van der Waals surface area contributed by atoms with Crippen LogP contribution >= 0.6 is 0 Å². The summed E-state index contributed by atoms with van der Waals surface area (Å²) in [7, 11) is 0. The van der Waals surface area contributed by atoms with Gasteiger partial charge in [0.1, 0.15) is 11.5 Å². The zero-order chi connectivity index (χ0) is 26.3. The van der Waals surface area contributed by atoms with Crippen molar-refractivity contribution in [2.45, 2.75) is 20.8 Å². The lowest BCUT2D eigenvalue weighted by atomic mass is 10.0. The van der Waals surface area contributed by atoms with Gasteiger partial charge in [0, 0.05) is 22.4 Å². The first kappa shape index (κ1) is 23.9. The Morgan fingerprint density at radius 2 is 1.59 bits per heavy atom. The maximum atomic E-state index is 13.7. The number of anilines is 3. The molecule has 0 fully saturated rings. The van der Waals surface area contributed by atoms with Crippen molar-refractivity contribution < 1.29 is 15.0 Å². The number of benzene rings is 4. The maximum Gasteiger partial charge on any atom is 0.283 e. The SMILES string of the molecule is C=C(O)c1cccc(-c2cccc(N/N=C3\C(=O)N(c4cc(C)cc(C)c4)c4cc(C)ccc43)c2O)c1. The van der Waals surface area contributed by atoms with Crippen LogP contribution in [0.15, 0.2) is 90.5 Å². The van der Waals surface area contributed by atoms with Crippen LogP contribution in [0.5, 0.6) is 5.75 Å². The highest BCUT2D eigenvalue weighted by Gasteiger charge is 2.35. The van der Waals surface area contributed by atoms with Crippen LogP contribution in [0.2, 0.25) is 0 Å². The number of hydrogen-bond acceptors (Lipinski definition) is 5. The van der Waals surface area contributed by atoms with Crippen molar-refractivity contribution >= 4 is 34.4 Å². The number of aromatic hydroxyl groups is 1. The molecule has 0 aromatic heterocycles. The molecular weight excluding hydrogens is 462 g/mol. The fourth-order valence-corrected chi connectivity index (χ4v) is 4.65. The average molecular weight is 490 g/mol. The van der Waals surface area contributed by atoms with Gasteiger partial charge in [-0.3, -0.25) is 15.1 Å². The number of fused-ring (bicyclic) bond motifs is 1. The van der Waals surface area contributed by atoms with Crippen LogP contribution in [-0.2, 0) is 4.79 Å². The summed E-state index contributed by atoms with van der Waals surface area (Å²) in [5, 5.41) is 25.2. The molecule has 0 spiro atoms. The van der Waals surface area contributed by atoms with Gasteiger partial charge in [0.15, 0.2) is 5.71 Å². The third kappa shape index (κ3) is 4.45. The summed E-state index contributed by atoms with van der Waals surface area (Å²) >= 11 is 0. The Bertz CT molecular complexity index is 1580. The van der Waals surface area contributed by atoms with Crippen LogP contribution in [0.4, 0.5) is 17.1 Å². The zero-order valence-corrected chi connectivity index (χ0v) is 20.9. The van der Waals surface area contributed by atoms with E-state index in [-0.39, 0.29) is 23.1 Å². The summed E-state index contributed by atoms with van der Waals surface area (Å²) in [6.45, 7) is 9.57. The number of carbonyl (C=O) groups is 1. The molecule has 4 aromatic carbocycles. The van der Waals surface area contributed by atoms with Crippen molar-refractivity contribution in [3.8, 4) is 16.9 Å². The second kappa shape index (κ2) is 9.32. The molecule has 1 amide bonds. The summed E-state index contributed by atoms with van der Waals surface area (Å²) in [6, 6.07) is 24.2. The van der Waals surface area contributed by atoms with E-state index in [1.54, 1.807) is 41.3 Å². The van der Waals surface area contributed by atoms with Crippen molar-refractivity contribution in [2.24, 2.45) is 5.10 Å². The Morgan fingerprint density at radius 1 is 0.865 bits per heavy atom. The summed E-state index contributed by atoms with van der Waals surface area (Å²) in [5.41, 5.74) is 10.8. The van der Waals surface area contributed by atoms with Crippen LogP contribution in [0.1, 0.15) is 27.8 Å². The zero-order valence-electron chi connectivity index (χ0n) is 20.9. The molecule has 0 bridgehead atoms. The summed E-state index contributed by atoms with van der Waals surface area (Å²) in [4.78, 5) is 15.3. The second-order valence-electron chi connectivity index (χ2n) is 9.31. The minimum absolute atomic E-state index is 0.0201. The number of aliphatic hydroxyl groups excluding tert-OH is 1. The number of carbonyl (C=O) groups excluding carboxylic acids is 1. The fraction of sp³-hybridized carbons (Fsp3) is 0.0968. The minimum atomic E-state index is -0.247. The smallest absolute Gasteiger partial charge is 0.283 e. The van der Waals surface area contributed by atoms with Gasteiger partial charge in [0.25, 0.3) is 5.91 Å². The predicted molar refractivity (Wildman–Crippen MR) is 150 cm³/mol. The van der Waals surface area contributed by atoms with E-state index < -0.39 is 0 Å². The number of amides is 1. The molecule has 1 heterocycles. The largest absolute Gasteiger partial charge is 0.508 e. The predicted octanol–water partition coefficient (Wildman–Crippen LogP) is 7.01. The highest BCUT2D eigenvalue weighted by atomic mass is 16.3. The van der Waals surface area contributed by atoms with Gasteiger partial charge >= 0.3 is 0 Å². The van der Waals surface area contributed by atoms with Gasteiger partial charge < -0.3 is 10.2 Å². The van der Waals surface area contributed by atoms with Gasteiger partial charge in [-0.25, -0.2) is 0 Å². The number of nitrogens with one attached hydrogen (secondary N) is 1. The highest BCUT2D eigenvalue weighted by molar-refractivity contribution is 6.55. The van der Waals surface area contributed by atoms with Crippen LogP contribution in [0.3, 0.4) is 0 Å². The van der Waals surface area contributed by atoms with E-state index >= 15 is 0 Å². The van der Waals surface area contributed by atoms with Crippen LogP contribution in [-0.4, -0.2) is 21.8 Å². The molecule has 0 unspecified atom stereocenters. The molecule has 1 aliphatic heterocycles. The molecule has 0 atom stereocenters. The van der Waals surface area contributed by atoms with Crippen LogP contribution < -0.4 is 10.3 Å².